The van der Waals surface area contributed by atoms with Crippen molar-refractivity contribution in [1.29, 1.82) is 0 Å². The Morgan fingerprint density at radius 3 is 2.12 bits per heavy atom. The van der Waals surface area contributed by atoms with Crippen molar-refractivity contribution in [2.24, 2.45) is 0 Å². The van der Waals surface area contributed by atoms with E-state index in [1.807, 2.05) is 0 Å². The number of thiocarbonyl (C=S) groups is 1. The fourth-order valence-corrected chi connectivity index (χ4v) is 0.547. The zero-order valence-corrected chi connectivity index (χ0v) is 5.92. The molecule has 0 rings (SSSR count). The quantitative estimate of drug-likeness (QED) is 0.444. The van der Waals surface area contributed by atoms with Crippen LogP contribution in [0.3, 0.4) is 0 Å². The molecule has 3 nitrogen and oxygen atoms in total. The Labute approximate surface area is 53.5 Å². The topological polar surface area (TPSA) is 54.4 Å². The molecule has 8 heavy (non-hydrogen) atoms. The molecule has 0 aromatic heterocycles. The standard InChI is InChI=1S/C3H6O3S2/c1-2-3(7)8(4,5)6/h2H2,1H3,(H,4,5,6). The monoisotopic (exact) mass is 154 g/mol. The minimum atomic E-state index is -4.02. The Morgan fingerprint density at radius 2 is 2.12 bits per heavy atom. The Kier molecular flexibility index (Phi) is 2.52. The van der Waals surface area contributed by atoms with Crippen LogP contribution in [-0.4, -0.2) is 17.2 Å². The summed E-state index contributed by atoms with van der Waals surface area (Å²) in [6.07, 6.45) is 0.189. The third-order valence-electron chi connectivity index (χ3n) is 0.576. The average Bonchev–Trinajstić information content (AvgIpc) is 1.62. The first-order chi connectivity index (χ1) is 3.48. The largest absolute Gasteiger partial charge is 0.300 e. The third-order valence-corrected chi connectivity index (χ3v) is 2.36. The molecule has 0 radical (unpaired) electrons. The first-order valence-corrected chi connectivity index (χ1v) is 3.83. The predicted molar refractivity (Wildman–Crippen MR) is 34.4 cm³/mol. The van der Waals surface area contributed by atoms with Gasteiger partial charge >= 0.3 is 10.1 Å². The molecule has 0 heterocycles. The highest BCUT2D eigenvalue weighted by Gasteiger charge is 2.08. The normalized spacial score (nSPS) is 11.2. The molecule has 5 heteroatoms. The molecule has 0 spiro atoms. The molecule has 0 saturated heterocycles. The summed E-state index contributed by atoms with van der Waals surface area (Å²) in [5.41, 5.74) is 0. The summed E-state index contributed by atoms with van der Waals surface area (Å²) in [4.78, 5) is 0. The summed E-state index contributed by atoms with van der Waals surface area (Å²) >= 11 is 4.25. The van der Waals surface area contributed by atoms with Gasteiger partial charge in [-0.15, -0.1) is 0 Å². The van der Waals surface area contributed by atoms with Crippen LogP contribution in [0.5, 0.6) is 0 Å². The van der Waals surface area contributed by atoms with E-state index < -0.39 is 10.1 Å². The summed E-state index contributed by atoms with van der Waals surface area (Å²) in [7, 11) is -4.02. The lowest BCUT2D eigenvalue weighted by molar-refractivity contribution is 0.498. The van der Waals surface area contributed by atoms with E-state index >= 15 is 0 Å². The maximum absolute atomic E-state index is 9.98. The molecule has 0 fully saturated rings. The molecule has 1 N–H and O–H groups in total. The third kappa shape index (κ3) is 2.34. The van der Waals surface area contributed by atoms with Crippen molar-refractivity contribution in [3.05, 3.63) is 0 Å². The van der Waals surface area contributed by atoms with Crippen molar-refractivity contribution in [3.8, 4) is 0 Å². The second kappa shape index (κ2) is 2.52. The number of rotatable bonds is 1. The minimum absolute atomic E-state index is 0.189. The maximum atomic E-state index is 9.98. The fraction of sp³-hybridized carbons (Fsp3) is 0.667. The van der Waals surface area contributed by atoms with Gasteiger partial charge in [0.05, 0.1) is 0 Å². The average molecular weight is 154 g/mol. The molecule has 0 bridgehead atoms. The maximum Gasteiger partial charge on any atom is 0.300 e. The molecular weight excluding hydrogens is 148 g/mol. The first-order valence-electron chi connectivity index (χ1n) is 1.98. The highest BCUT2D eigenvalue weighted by atomic mass is 32.2. The van der Waals surface area contributed by atoms with Crippen molar-refractivity contribution in [1.82, 2.24) is 0 Å². The van der Waals surface area contributed by atoms with Gasteiger partial charge in [0, 0.05) is 0 Å². The lowest BCUT2D eigenvalue weighted by Gasteiger charge is -1.89. The van der Waals surface area contributed by atoms with Gasteiger partial charge in [0.25, 0.3) is 0 Å². The summed E-state index contributed by atoms with van der Waals surface area (Å²) < 4.78 is 27.8. The van der Waals surface area contributed by atoms with Crippen molar-refractivity contribution in [2.45, 2.75) is 13.3 Å². The van der Waals surface area contributed by atoms with Crippen LogP contribution < -0.4 is 0 Å². The van der Waals surface area contributed by atoms with E-state index in [9.17, 15) is 8.42 Å². The van der Waals surface area contributed by atoms with Gasteiger partial charge in [-0.05, 0) is 6.42 Å². The number of hydrogen-bond acceptors (Lipinski definition) is 3. The zero-order valence-electron chi connectivity index (χ0n) is 4.29. The molecule has 0 atom stereocenters. The Morgan fingerprint density at radius 1 is 1.75 bits per heavy atom. The molecular formula is C3H6O3S2. The lowest BCUT2D eigenvalue weighted by Crippen LogP contribution is -2.08. The molecule has 0 aromatic carbocycles. The van der Waals surface area contributed by atoms with Crippen LogP contribution in [-0.2, 0) is 10.1 Å². The van der Waals surface area contributed by atoms with Crippen LogP contribution in [0.1, 0.15) is 13.3 Å². The van der Waals surface area contributed by atoms with Gasteiger partial charge in [0.1, 0.15) is 4.20 Å². The molecule has 0 unspecified atom stereocenters. The van der Waals surface area contributed by atoms with Crippen LogP contribution in [0.25, 0.3) is 0 Å². The van der Waals surface area contributed by atoms with Gasteiger partial charge in [0.15, 0.2) is 0 Å². The highest BCUT2D eigenvalue weighted by Crippen LogP contribution is 1.92. The van der Waals surface area contributed by atoms with Crippen molar-refractivity contribution < 1.29 is 13.0 Å². The predicted octanol–water partition coefficient (Wildman–Crippen LogP) is 0.612. The van der Waals surface area contributed by atoms with Gasteiger partial charge in [-0.25, -0.2) is 0 Å². The van der Waals surface area contributed by atoms with E-state index in [2.05, 4.69) is 12.2 Å². The van der Waals surface area contributed by atoms with Crippen molar-refractivity contribution in [3.63, 3.8) is 0 Å². The molecule has 0 amide bonds. The first kappa shape index (κ1) is 8.00. The van der Waals surface area contributed by atoms with E-state index in [-0.39, 0.29) is 10.6 Å². The minimum Gasteiger partial charge on any atom is -0.281 e. The van der Waals surface area contributed by atoms with Crippen LogP contribution in [0.15, 0.2) is 0 Å². The van der Waals surface area contributed by atoms with E-state index in [4.69, 9.17) is 4.55 Å². The van der Waals surface area contributed by atoms with Gasteiger partial charge in [-0.2, -0.15) is 8.42 Å². The van der Waals surface area contributed by atoms with E-state index in [1.165, 1.54) is 0 Å². The summed E-state index contributed by atoms with van der Waals surface area (Å²) in [5, 5.41) is 0. The van der Waals surface area contributed by atoms with Crippen molar-refractivity contribution >= 4 is 26.5 Å². The van der Waals surface area contributed by atoms with Crippen molar-refractivity contribution in [2.75, 3.05) is 0 Å². The zero-order chi connectivity index (χ0) is 6.78. The summed E-state index contributed by atoms with van der Waals surface area (Å²) in [6, 6.07) is 0. The van der Waals surface area contributed by atoms with Crippen LogP contribution in [0.2, 0.25) is 0 Å². The molecule has 48 valence electrons. The lowest BCUT2D eigenvalue weighted by atomic mass is 10.6. The van der Waals surface area contributed by atoms with Gasteiger partial charge in [0.2, 0.25) is 0 Å². The SMILES string of the molecule is CCC(=S)S(=O)(=O)O. The van der Waals surface area contributed by atoms with E-state index in [0.29, 0.717) is 0 Å². The Bertz CT molecular complexity index is 179. The van der Waals surface area contributed by atoms with Crippen LogP contribution >= 0.6 is 12.2 Å². The van der Waals surface area contributed by atoms with Crippen LogP contribution in [0.4, 0.5) is 0 Å². The second-order valence-corrected chi connectivity index (χ2v) is 3.39. The van der Waals surface area contributed by atoms with Crippen LogP contribution in [0, 0.1) is 0 Å². The molecule has 0 aromatic rings. The van der Waals surface area contributed by atoms with Gasteiger partial charge < -0.3 is 0 Å². The van der Waals surface area contributed by atoms with Gasteiger partial charge in [-0.1, -0.05) is 19.1 Å². The molecule has 0 aliphatic carbocycles. The molecule has 0 saturated carbocycles. The highest BCUT2D eigenvalue weighted by molar-refractivity contribution is 8.13. The molecule has 0 aliphatic rings. The Hall–Kier alpha value is -0.0000000000000000763. The second-order valence-electron chi connectivity index (χ2n) is 1.20. The molecule has 0 aliphatic heterocycles. The smallest absolute Gasteiger partial charge is 0.281 e. The summed E-state index contributed by atoms with van der Waals surface area (Å²) in [5.74, 6) is 0. The van der Waals surface area contributed by atoms with E-state index in [0.717, 1.165) is 0 Å². The van der Waals surface area contributed by atoms with E-state index in [1.54, 1.807) is 6.92 Å². The fourth-order valence-electron chi connectivity index (χ4n) is 0.182. The van der Waals surface area contributed by atoms with Gasteiger partial charge in [-0.3, -0.25) is 4.55 Å². The summed E-state index contributed by atoms with van der Waals surface area (Å²) in [6.45, 7) is 1.57. The Balaban J connectivity index is 4.29. The number of hydrogen-bond donors (Lipinski definition) is 1.